The predicted octanol–water partition coefficient (Wildman–Crippen LogP) is 2.44. The van der Waals surface area contributed by atoms with Gasteiger partial charge in [0.2, 0.25) is 0 Å². The number of para-hydroxylation sites is 2. The minimum absolute atomic E-state index is 0.331. The predicted molar refractivity (Wildman–Crippen MR) is 78.3 cm³/mol. The summed E-state index contributed by atoms with van der Waals surface area (Å²) in [7, 11) is 0. The van der Waals surface area contributed by atoms with Gasteiger partial charge in [-0.3, -0.25) is 0 Å². The van der Waals surface area contributed by atoms with Crippen LogP contribution >= 0.6 is 0 Å². The Morgan fingerprint density at radius 3 is 2.95 bits per heavy atom. The van der Waals surface area contributed by atoms with E-state index in [9.17, 15) is 0 Å². The monoisotopic (exact) mass is 261 g/mol. The van der Waals surface area contributed by atoms with Crippen LogP contribution in [0.5, 0.6) is 0 Å². The average Bonchev–Trinajstić information content (AvgIpc) is 2.85. The number of hydrogen-bond donors (Lipinski definition) is 1. The number of benzene rings is 1. The van der Waals surface area contributed by atoms with Crippen molar-refractivity contribution in [1.82, 2.24) is 14.9 Å². The summed E-state index contributed by atoms with van der Waals surface area (Å²) < 4.78 is 7.75. The number of nitrogens with one attached hydrogen (secondary N) is 1. The van der Waals surface area contributed by atoms with Crippen molar-refractivity contribution in [3.8, 4) is 0 Å². The molecule has 1 unspecified atom stereocenters. The summed E-state index contributed by atoms with van der Waals surface area (Å²) in [6.07, 6.45) is 3.05. The van der Waals surface area contributed by atoms with Gasteiger partial charge in [-0.25, -0.2) is 4.98 Å². The van der Waals surface area contributed by atoms with E-state index in [0.29, 0.717) is 6.04 Å². The van der Waals surface area contributed by atoms with Gasteiger partial charge in [-0.2, -0.15) is 0 Å². The van der Waals surface area contributed by atoms with Crippen LogP contribution in [0.15, 0.2) is 30.6 Å². The maximum Gasteiger partial charge on any atom is 0.0958 e. The number of fused-ring (bicyclic) bond motifs is 1. The maximum atomic E-state index is 5.56. The highest BCUT2D eigenvalue weighted by atomic mass is 16.5. The molecule has 0 saturated carbocycles. The molecule has 0 radical (unpaired) electrons. The topological polar surface area (TPSA) is 39.1 Å². The summed E-state index contributed by atoms with van der Waals surface area (Å²) in [5.74, 6) is 0. The van der Waals surface area contributed by atoms with Crippen LogP contribution in [-0.4, -0.2) is 35.4 Å². The molecule has 1 heterocycles. The first kappa shape index (κ1) is 14.0. The first-order valence-corrected chi connectivity index (χ1v) is 7.06. The van der Waals surface area contributed by atoms with Crippen molar-refractivity contribution in [2.24, 2.45) is 0 Å². The number of ether oxygens (including phenoxy) is 1. The number of aromatic nitrogens is 2. The third kappa shape index (κ3) is 3.78. The van der Waals surface area contributed by atoms with Crippen LogP contribution in [0.4, 0.5) is 0 Å². The molecule has 1 atom stereocenters. The quantitative estimate of drug-likeness (QED) is 0.793. The number of hydrogen-bond acceptors (Lipinski definition) is 3. The molecule has 2 aromatic rings. The molecule has 4 nitrogen and oxygen atoms in total. The van der Waals surface area contributed by atoms with Crippen LogP contribution in [0, 0.1) is 0 Å². The highest BCUT2D eigenvalue weighted by molar-refractivity contribution is 5.74. The van der Waals surface area contributed by atoms with Gasteiger partial charge in [0.25, 0.3) is 0 Å². The van der Waals surface area contributed by atoms with E-state index in [-0.39, 0.29) is 0 Å². The van der Waals surface area contributed by atoms with Crippen molar-refractivity contribution in [3.63, 3.8) is 0 Å². The molecule has 0 amide bonds. The summed E-state index contributed by atoms with van der Waals surface area (Å²) in [5.41, 5.74) is 2.23. The molecule has 0 fully saturated rings. The van der Waals surface area contributed by atoms with Gasteiger partial charge in [0.15, 0.2) is 0 Å². The van der Waals surface area contributed by atoms with Crippen molar-refractivity contribution in [2.75, 3.05) is 19.8 Å². The van der Waals surface area contributed by atoms with E-state index in [0.717, 1.165) is 38.2 Å². The zero-order chi connectivity index (χ0) is 13.5. The van der Waals surface area contributed by atoms with E-state index < -0.39 is 0 Å². The molecule has 0 spiro atoms. The highest BCUT2D eigenvalue weighted by Crippen LogP contribution is 2.12. The zero-order valence-electron chi connectivity index (χ0n) is 11.8. The summed E-state index contributed by atoms with van der Waals surface area (Å²) >= 11 is 0. The molecule has 1 N–H and O–H groups in total. The Labute approximate surface area is 114 Å². The van der Waals surface area contributed by atoms with Crippen molar-refractivity contribution in [1.29, 1.82) is 0 Å². The van der Waals surface area contributed by atoms with Gasteiger partial charge in [-0.05, 0) is 32.0 Å². The lowest BCUT2D eigenvalue weighted by atomic mass is 10.2. The van der Waals surface area contributed by atoms with Gasteiger partial charge in [-0.15, -0.1) is 0 Å². The van der Waals surface area contributed by atoms with Crippen LogP contribution in [0.1, 0.15) is 20.3 Å². The molecule has 0 saturated heterocycles. The smallest absolute Gasteiger partial charge is 0.0958 e. The fourth-order valence-corrected chi connectivity index (χ4v) is 2.18. The Hall–Kier alpha value is -1.39. The van der Waals surface area contributed by atoms with Gasteiger partial charge in [0.05, 0.1) is 24.0 Å². The molecular formula is C15H23N3O. The summed E-state index contributed by atoms with van der Waals surface area (Å²) in [4.78, 5) is 4.43. The summed E-state index contributed by atoms with van der Waals surface area (Å²) in [6.45, 7) is 7.61. The number of imidazole rings is 1. The molecule has 0 aliphatic rings. The Bertz CT molecular complexity index is 487. The number of rotatable bonds is 8. The second kappa shape index (κ2) is 7.26. The lowest BCUT2D eigenvalue weighted by molar-refractivity contribution is 0.117. The van der Waals surface area contributed by atoms with Crippen molar-refractivity contribution in [3.05, 3.63) is 30.6 Å². The summed E-state index contributed by atoms with van der Waals surface area (Å²) in [6, 6.07) is 8.56. The van der Waals surface area contributed by atoms with E-state index in [4.69, 9.17) is 4.74 Å². The lowest BCUT2D eigenvalue weighted by Gasteiger charge is -2.19. The van der Waals surface area contributed by atoms with Crippen LogP contribution in [-0.2, 0) is 11.3 Å². The minimum atomic E-state index is 0.331. The largest absolute Gasteiger partial charge is 0.380 e. The fraction of sp³-hybridized carbons (Fsp3) is 0.533. The van der Waals surface area contributed by atoms with Crippen LogP contribution in [0.25, 0.3) is 11.0 Å². The minimum Gasteiger partial charge on any atom is -0.380 e. The van der Waals surface area contributed by atoms with Gasteiger partial charge < -0.3 is 14.6 Å². The van der Waals surface area contributed by atoms with Gasteiger partial charge in [0.1, 0.15) is 0 Å². The first-order chi connectivity index (χ1) is 9.35. The average molecular weight is 261 g/mol. The third-order valence-electron chi connectivity index (χ3n) is 3.15. The highest BCUT2D eigenvalue weighted by Gasteiger charge is 2.10. The third-order valence-corrected chi connectivity index (χ3v) is 3.15. The van der Waals surface area contributed by atoms with E-state index in [1.165, 1.54) is 5.52 Å². The van der Waals surface area contributed by atoms with Crippen LogP contribution in [0.2, 0.25) is 0 Å². The fourth-order valence-electron chi connectivity index (χ4n) is 2.18. The van der Waals surface area contributed by atoms with Gasteiger partial charge in [0, 0.05) is 19.2 Å². The standard InChI is InChI=1S/C15H23N3O/c1-3-9-16-13(11-19-4-2)10-18-12-17-14-7-5-6-8-15(14)18/h5-8,12-13,16H,3-4,9-11H2,1-2H3. The van der Waals surface area contributed by atoms with E-state index in [2.05, 4.69) is 33.9 Å². The Morgan fingerprint density at radius 2 is 2.16 bits per heavy atom. The second-order valence-electron chi connectivity index (χ2n) is 4.70. The molecule has 0 aliphatic carbocycles. The second-order valence-corrected chi connectivity index (χ2v) is 4.70. The molecule has 1 aromatic carbocycles. The molecule has 1 aromatic heterocycles. The van der Waals surface area contributed by atoms with Crippen molar-refractivity contribution >= 4 is 11.0 Å². The summed E-state index contributed by atoms with van der Waals surface area (Å²) in [5, 5.41) is 3.53. The molecule has 19 heavy (non-hydrogen) atoms. The van der Waals surface area contributed by atoms with Crippen molar-refractivity contribution < 1.29 is 4.74 Å². The Kier molecular flexibility index (Phi) is 5.36. The molecule has 0 bridgehead atoms. The van der Waals surface area contributed by atoms with E-state index >= 15 is 0 Å². The van der Waals surface area contributed by atoms with Crippen LogP contribution < -0.4 is 5.32 Å². The zero-order valence-corrected chi connectivity index (χ0v) is 11.8. The first-order valence-electron chi connectivity index (χ1n) is 7.06. The molecule has 0 aliphatic heterocycles. The van der Waals surface area contributed by atoms with Gasteiger partial charge in [-0.1, -0.05) is 19.1 Å². The normalized spacial score (nSPS) is 12.9. The molecule has 104 valence electrons. The van der Waals surface area contributed by atoms with E-state index in [1.807, 2.05) is 25.4 Å². The molecule has 4 heteroatoms. The van der Waals surface area contributed by atoms with Gasteiger partial charge >= 0.3 is 0 Å². The molecular weight excluding hydrogens is 238 g/mol. The van der Waals surface area contributed by atoms with E-state index in [1.54, 1.807) is 0 Å². The number of nitrogens with zero attached hydrogens (tertiary/aromatic N) is 2. The van der Waals surface area contributed by atoms with Crippen LogP contribution in [0.3, 0.4) is 0 Å². The molecule has 2 rings (SSSR count). The Balaban J connectivity index is 2.06. The SMILES string of the molecule is CCCNC(COCC)Cn1cnc2ccccc21. The van der Waals surface area contributed by atoms with Crippen molar-refractivity contribution in [2.45, 2.75) is 32.9 Å². The lowest BCUT2D eigenvalue weighted by Crippen LogP contribution is -2.37. The Morgan fingerprint density at radius 1 is 1.32 bits per heavy atom. The maximum absolute atomic E-state index is 5.56.